The molecule has 0 N–H and O–H groups in total. The molecule has 0 aliphatic carbocycles. The molecule has 0 aliphatic heterocycles. The van der Waals surface area contributed by atoms with Gasteiger partial charge < -0.3 is 0 Å². The van der Waals surface area contributed by atoms with Crippen LogP contribution in [-0.2, 0) is 32.7 Å². The molecule has 0 nitrogen and oxygen atoms in total. The molecule has 0 aromatic heterocycles. The van der Waals surface area contributed by atoms with E-state index in [0.717, 1.165) is 8.85 Å². The monoisotopic (exact) mass is 165 g/mol. The van der Waals surface area contributed by atoms with E-state index in [1.54, 1.807) is 0 Å². The van der Waals surface area contributed by atoms with E-state index in [4.69, 9.17) is 0 Å². The van der Waals surface area contributed by atoms with Crippen LogP contribution in [-0.4, -0.2) is 31.9 Å². The van der Waals surface area contributed by atoms with Gasteiger partial charge >= 0.3 is 47.3 Å². The van der Waals surface area contributed by atoms with Gasteiger partial charge in [-0.15, -0.1) is 0 Å². The van der Waals surface area contributed by atoms with Gasteiger partial charge in [-0.2, -0.15) is 0 Å². The Morgan fingerprint density at radius 1 is 1.25 bits per heavy atom. The van der Waals surface area contributed by atoms with Crippen molar-refractivity contribution < 1.29 is 32.7 Å². The Hall–Kier alpha value is 2.04. The first kappa shape index (κ1) is 16.6. The molecule has 0 radical (unpaired) electrons. The molecule has 4 heavy (non-hydrogen) atoms. The average molecular weight is 165 g/mol. The molecule has 0 aromatic carbocycles. The van der Waals surface area contributed by atoms with E-state index in [1.807, 2.05) is 0 Å². The molecule has 0 saturated heterocycles. The quantitative estimate of drug-likeness (QED) is 0.361. The van der Waals surface area contributed by atoms with Crippen molar-refractivity contribution >= 4 is 31.9 Å². The summed E-state index contributed by atoms with van der Waals surface area (Å²) in [5.74, 6) is 0. The fourth-order valence-corrected chi connectivity index (χ4v) is 0. The first-order chi connectivity index (χ1) is 1.00. The molecular weight excluding hydrogens is 160 g/mol. The number of hydrogen-bond donors (Lipinski definition) is 0. The van der Waals surface area contributed by atoms with Crippen LogP contribution in [0.25, 0.3) is 0 Å². The molecule has 0 atom stereocenters. The Kier molecular flexibility index (Phi) is 82.2. The molecule has 0 amide bonds. The summed E-state index contributed by atoms with van der Waals surface area (Å²) in [6, 6.07) is 0. The number of rotatable bonds is 0. The van der Waals surface area contributed by atoms with Crippen molar-refractivity contribution in [2.75, 3.05) is 0 Å². The van der Waals surface area contributed by atoms with Gasteiger partial charge in [-0.1, -0.05) is 0 Å². The van der Waals surface area contributed by atoms with Crippen LogP contribution < -0.4 is 0 Å². The van der Waals surface area contributed by atoms with Crippen LogP contribution in [0.3, 0.4) is 0 Å². The maximum absolute atomic E-state index is 3.39. The molecule has 4 heteroatoms. The predicted octanol–water partition coefficient (Wildman–Crippen LogP) is -2.11. The summed E-state index contributed by atoms with van der Waals surface area (Å²) >= 11 is 3.39. The van der Waals surface area contributed by atoms with Crippen LogP contribution in [0, 0.1) is 0 Å². The molecule has 0 aliphatic rings. The Balaban J connectivity index is -0.00000000500. The molecule has 0 bridgehead atoms. The second-order valence-electron chi connectivity index (χ2n) is 0. The normalized spacial score (nSPS) is 2.25. The van der Waals surface area contributed by atoms with E-state index in [2.05, 4.69) is 15.4 Å². The average Bonchev–Trinajstić information content (AvgIpc) is 1.00. The zero-order valence-corrected chi connectivity index (χ0v) is 6.14. The molecule has 0 saturated carbocycles. The van der Waals surface area contributed by atoms with Crippen molar-refractivity contribution in [3.8, 4) is 0 Å². The van der Waals surface area contributed by atoms with E-state index < -0.39 is 0 Å². The van der Waals surface area contributed by atoms with Crippen molar-refractivity contribution in [2.45, 2.75) is 0 Å². The molecule has 0 rings (SSSR count). The zero-order valence-electron chi connectivity index (χ0n) is 1.76. The molecule has 0 unspecified atom stereocenters. The molecule has 25 valence electrons. The van der Waals surface area contributed by atoms with E-state index in [0.29, 0.717) is 0 Å². The van der Waals surface area contributed by atoms with E-state index in [9.17, 15) is 0 Å². The minimum absolute atomic E-state index is 0. The maximum atomic E-state index is 3.39. The van der Waals surface area contributed by atoms with Gasteiger partial charge in [0.05, 0.1) is 0 Å². The van der Waals surface area contributed by atoms with Crippen LogP contribution in [0.5, 0.6) is 0 Å². The Bertz CT molecular complexity index is 8.00. The van der Waals surface area contributed by atoms with Gasteiger partial charge in [-0.05, 0) is 0 Å². The summed E-state index contributed by atoms with van der Waals surface area (Å²) in [6.45, 7) is 0. The summed E-state index contributed by atoms with van der Waals surface area (Å²) in [5.41, 5.74) is 0. The van der Waals surface area contributed by atoms with Crippen molar-refractivity contribution in [3.05, 3.63) is 0 Å². The molecule has 0 spiro atoms. The van der Waals surface area contributed by atoms with E-state index in [-0.39, 0.29) is 40.4 Å². The first-order valence-corrected chi connectivity index (χ1v) is 4.37. The molecular formula is H5CrFeMgSi. The molecule has 0 aromatic rings. The summed E-state index contributed by atoms with van der Waals surface area (Å²) in [5, 5.41) is 0. The SMILES string of the molecule is [Cr].[MgH2].[SiH3][Fe]. The third-order valence-corrected chi connectivity index (χ3v) is 0. The van der Waals surface area contributed by atoms with Crippen molar-refractivity contribution in [1.29, 1.82) is 0 Å². The predicted molar refractivity (Wildman–Crippen MR) is 18.5 cm³/mol. The van der Waals surface area contributed by atoms with Crippen LogP contribution in [0.15, 0.2) is 0 Å². The van der Waals surface area contributed by atoms with Gasteiger partial charge in [-0.25, -0.2) is 0 Å². The summed E-state index contributed by atoms with van der Waals surface area (Å²) in [6.07, 6.45) is 0. The van der Waals surface area contributed by atoms with Crippen LogP contribution in [0.2, 0.25) is 0 Å². The summed E-state index contributed by atoms with van der Waals surface area (Å²) in [7, 11) is 1.06. The Morgan fingerprint density at radius 3 is 1.25 bits per heavy atom. The van der Waals surface area contributed by atoms with Crippen LogP contribution in [0.1, 0.15) is 0 Å². The fraction of sp³-hybridized carbons (Fsp3) is 0. The first-order valence-electron chi connectivity index (χ1n) is 0.354. The van der Waals surface area contributed by atoms with Crippen molar-refractivity contribution in [1.82, 2.24) is 0 Å². The van der Waals surface area contributed by atoms with Crippen LogP contribution >= 0.6 is 0 Å². The van der Waals surface area contributed by atoms with Gasteiger partial charge in [0.2, 0.25) is 0 Å². The van der Waals surface area contributed by atoms with Crippen molar-refractivity contribution in [2.24, 2.45) is 0 Å². The molecule has 0 fully saturated rings. The third kappa shape index (κ3) is 8.97. The van der Waals surface area contributed by atoms with Gasteiger partial charge in [0, 0.05) is 17.4 Å². The summed E-state index contributed by atoms with van der Waals surface area (Å²) in [4.78, 5) is 0. The Morgan fingerprint density at radius 2 is 1.25 bits per heavy atom. The topological polar surface area (TPSA) is 0 Å². The van der Waals surface area contributed by atoms with E-state index in [1.165, 1.54) is 0 Å². The van der Waals surface area contributed by atoms with E-state index >= 15 is 0 Å². The second kappa shape index (κ2) is 19.8. The van der Waals surface area contributed by atoms with Gasteiger partial charge in [0.1, 0.15) is 0 Å². The zero-order chi connectivity index (χ0) is 2.00. The van der Waals surface area contributed by atoms with Gasteiger partial charge in [-0.3, -0.25) is 0 Å². The van der Waals surface area contributed by atoms with Gasteiger partial charge in [0.15, 0.2) is 0 Å². The fourth-order valence-electron chi connectivity index (χ4n) is 0. The second-order valence-corrected chi connectivity index (χ2v) is 0. The summed E-state index contributed by atoms with van der Waals surface area (Å²) < 4.78 is 0. The third-order valence-electron chi connectivity index (χ3n) is 0. The Labute approximate surface area is 64.1 Å². The minimum atomic E-state index is 0. The standard InChI is InChI=1S/Cr.Fe.Mg.H3Si.2H/h;;;1H3;;. The van der Waals surface area contributed by atoms with Crippen LogP contribution in [0.4, 0.5) is 0 Å². The van der Waals surface area contributed by atoms with Crippen molar-refractivity contribution in [3.63, 3.8) is 0 Å². The number of hydrogen-bond acceptors (Lipinski definition) is 0. The molecule has 0 heterocycles. The van der Waals surface area contributed by atoms with Gasteiger partial charge in [0.25, 0.3) is 0 Å².